The molecule has 0 saturated carbocycles. The first-order chi connectivity index (χ1) is 9.66. The second kappa shape index (κ2) is 5.07. The zero-order chi connectivity index (χ0) is 14.2. The van der Waals surface area contributed by atoms with E-state index in [1.54, 1.807) is 17.0 Å². The molecule has 4 nitrogen and oxygen atoms in total. The maximum absolute atomic E-state index is 12.9. The summed E-state index contributed by atoms with van der Waals surface area (Å²) in [6, 6.07) is 7.42. The molecule has 104 valence electrons. The van der Waals surface area contributed by atoms with Crippen LogP contribution >= 0.6 is 7.26 Å². The molecule has 2 aliphatic rings. The zero-order valence-electron chi connectivity index (χ0n) is 11.6. The van der Waals surface area contributed by atoms with Crippen molar-refractivity contribution in [1.29, 1.82) is 5.26 Å². The van der Waals surface area contributed by atoms with Gasteiger partial charge in [-0.15, -0.1) is 0 Å². The average molecular weight is 289 g/mol. The number of fused-ring (bicyclic) bond motifs is 1. The largest absolute Gasteiger partial charge is 0.457 e. The van der Waals surface area contributed by atoms with E-state index < -0.39 is 7.26 Å². The molecule has 3 rings (SSSR count). The predicted octanol–water partition coefficient (Wildman–Crippen LogP) is 3.67. The Balaban J connectivity index is 2.00. The van der Waals surface area contributed by atoms with Gasteiger partial charge in [-0.3, -0.25) is 4.90 Å². The van der Waals surface area contributed by atoms with E-state index in [1.165, 1.54) is 6.42 Å². The van der Waals surface area contributed by atoms with Crippen molar-refractivity contribution in [2.45, 2.75) is 19.3 Å². The molecule has 20 heavy (non-hydrogen) atoms. The Morgan fingerprint density at radius 3 is 2.75 bits per heavy atom. The highest BCUT2D eigenvalue weighted by Gasteiger charge is 2.52. The van der Waals surface area contributed by atoms with E-state index >= 15 is 0 Å². The lowest BCUT2D eigenvalue weighted by Crippen LogP contribution is -2.31. The van der Waals surface area contributed by atoms with Gasteiger partial charge in [-0.05, 0) is 31.4 Å². The number of rotatable bonds is 0. The number of carbonyl (C=O) groups excluding carboxylic acids is 1. The second-order valence-corrected chi connectivity index (χ2v) is 9.39. The van der Waals surface area contributed by atoms with Gasteiger partial charge in [0.1, 0.15) is 13.0 Å². The topological polar surface area (TPSA) is 53.3 Å². The minimum atomic E-state index is -1.70. The lowest BCUT2D eigenvalue weighted by Gasteiger charge is -2.28. The number of hydrogen-bond acceptors (Lipinski definition) is 3. The molecular weight excluding hydrogens is 271 g/mol. The fourth-order valence-electron chi connectivity index (χ4n) is 3.08. The summed E-state index contributed by atoms with van der Waals surface area (Å²) in [6.07, 6.45) is 6.06. The van der Waals surface area contributed by atoms with Crippen LogP contribution in [0.2, 0.25) is 0 Å². The van der Waals surface area contributed by atoms with E-state index in [0.717, 1.165) is 30.9 Å². The average Bonchev–Trinajstić information content (AvgIpc) is 2.60. The number of carbonyl (C=O) groups is 1. The van der Waals surface area contributed by atoms with Crippen LogP contribution in [0, 0.1) is 11.3 Å². The lowest BCUT2D eigenvalue weighted by atomic mass is 10.2. The van der Waals surface area contributed by atoms with Gasteiger partial charge in [-0.25, -0.2) is 4.79 Å². The number of nitriles is 1. The number of nitrogens with zero attached hydrogens (tertiary/aromatic N) is 2. The van der Waals surface area contributed by atoms with Gasteiger partial charge in [-0.2, -0.15) is 5.26 Å². The summed E-state index contributed by atoms with van der Waals surface area (Å²) in [5, 5.41) is 8.99. The molecule has 1 fully saturated rings. The second-order valence-electron chi connectivity index (χ2n) is 5.56. The standard InChI is InChI=1S/C15H18N2O2P/c1-17-13-6-5-12(10-16)9-14(13)19-11-20(15(17)18)7-3-2-4-8-20/h5-6,9H,2-4,7-8,11H2,1H3/q+1. The van der Waals surface area contributed by atoms with Gasteiger partial charge in [0.05, 0.1) is 29.6 Å². The number of ether oxygens (including phenoxy) is 1. The lowest BCUT2D eigenvalue weighted by molar-refractivity contribution is 0.264. The molecule has 1 spiro atoms. The highest BCUT2D eigenvalue weighted by atomic mass is 31.2. The van der Waals surface area contributed by atoms with E-state index in [2.05, 4.69) is 6.07 Å². The summed E-state index contributed by atoms with van der Waals surface area (Å²) in [4.78, 5) is 14.6. The van der Waals surface area contributed by atoms with Crippen LogP contribution in [0.15, 0.2) is 18.2 Å². The van der Waals surface area contributed by atoms with Crippen molar-refractivity contribution < 1.29 is 9.53 Å². The normalized spacial score (nSPS) is 20.8. The zero-order valence-corrected chi connectivity index (χ0v) is 12.5. The molecule has 0 aromatic heterocycles. The Hall–Kier alpha value is -1.59. The predicted molar refractivity (Wildman–Crippen MR) is 81.0 cm³/mol. The van der Waals surface area contributed by atoms with Crippen molar-refractivity contribution in [3.05, 3.63) is 23.8 Å². The van der Waals surface area contributed by atoms with Crippen molar-refractivity contribution in [1.82, 2.24) is 0 Å². The van der Waals surface area contributed by atoms with Crippen LogP contribution in [0.1, 0.15) is 24.8 Å². The van der Waals surface area contributed by atoms with Gasteiger partial charge < -0.3 is 4.74 Å². The number of amides is 1. The fourth-order valence-corrected chi connectivity index (χ4v) is 6.85. The molecule has 0 bridgehead atoms. The quantitative estimate of drug-likeness (QED) is 0.685. The number of hydrogen-bond donors (Lipinski definition) is 0. The summed E-state index contributed by atoms with van der Waals surface area (Å²) in [7, 11) is 0.132. The molecule has 0 radical (unpaired) electrons. The Bertz CT molecular complexity index is 588. The Kier molecular flexibility index (Phi) is 3.40. The van der Waals surface area contributed by atoms with Crippen molar-refractivity contribution >= 4 is 18.6 Å². The molecule has 1 aromatic rings. The summed E-state index contributed by atoms with van der Waals surface area (Å²) in [6.45, 7) is 0. The first kappa shape index (κ1) is 13.4. The summed E-state index contributed by atoms with van der Waals surface area (Å²) in [5.41, 5.74) is 1.62. The molecule has 2 aliphatic heterocycles. The summed E-state index contributed by atoms with van der Waals surface area (Å²) >= 11 is 0. The van der Waals surface area contributed by atoms with Gasteiger partial charge in [0, 0.05) is 13.1 Å². The molecule has 0 aliphatic carbocycles. The monoisotopic (exact) mass is 289 g/mol. The van der Waals surface area contributed by atoms with Crippen molar-refractivity contribution in [3.63, 3.8) is 0 Å². The fraction of sp³-hybridized carbons (Fsp3) is 0.467. The SMILES string of the molecule is CN1C(=O)[P+]2(CCCCC2)COc2cc(C#N)ccc21. The number of benzene rings is 1. The first-order valence-electron chi connectivity index (χ1n) is 6.98. The van der Waals surface area contributed by atoms with Gasteiger partial charge in [-0.1, -0.05) is 0 Å². The molecule has 1 aromatic carbocycles. The Morgan fingerprint density at radius 1 is 1.30 bits per heavy atom. The minimum Gasteiger partial charge on any atom is -0.457 e. The van der Waals surface area contributed by atoms with E-state index in [0.29, 0.717) is 17.7 Å². The minimum absolute atomic E-state index is 0.264. The smallest absolute Gasteiger partial charge is 0.369 e. The first-order valence-corrected chi connectivity index (χ1v) is 9.32. The highest BCUT2D eigenvalue weighted by molar-refractivity contribution is 7.91. The third kappa shape index (κ3) is 2.07. The Morgan fingerprint density at radius 2 is 2.05 bits per heavy atom. The number of anilines is 1. The van der Waals surface area contributed by atoms with Gasteiger partial charge in [0.2, 0.25) is 6.35 Å². The van der Waals surface area contributed by atoms with E-state index in [1.807, 2.05) is 13.1 Å². The molecular formula is C15H18N2O2P+. The van der Waals surface area contributed by atoms with E-state index in [-0.39, 0.29) is 5.65 Å². The third-order valence-corrected chi connectivity index (χ3v) is 8.36. The van der Waals surface area contributed by atoms with Crippen LogP contribution in [-0.2, 0) is 0 Å². The summed E-state index contributed by atoms with van der Waals surface area (Å²) < 4.78 is 5.96. The molecule has 0 unspecified atom stereocenters. The maximum atomic E-state index is 12.9. The molecule has 5 heteroatoms. The maximum Gasteiger partial charge on any atom is 0.369 e. The van der Waals surface area contributed by atoms with Crippen LogP contribution in [0.4, 0.5) is 10.5 Å². The van der Waals surface area contributed by atoms with E-state index in [9.17, 15) is 4.79 Å². The van der Waals surface area contributed by atoms with Gasteiger partial charge >= 0.3 is 5.65 Å². The van der Waals surface area contributed by atoms with Crippen LogP contribution in [0.5, 0.6) is 5.75 Å². The molecule has 1 amide bonds. The van der Waals surface area contributed by atoms with Crippen molar-refractivity contribution in [2.24, 2.45) is 0 Å². The molecule has 1 saturated heterocycles. The summed E-state index contributed by atoms with van der Waals surface area (Å²) in [5.74, 6) is 0.669. The van der Waals surface area contributed by atoms with E-state index in [4.69, 9.17) is 10.00 Å². The Labute approximate surface area is 119 Å². The van der Waals surface area contributed by atoms with Crippen LogP contribution < -0.4 is 9.64 Å². The van der Waals surface area contributed by atoms with Crippen molar-refractivity contribution in [2.75, 3.05) is 30.6 Å². The van der Waals surface area contributed by atoms with Gasteiger partial charge in [0.15, 0.2) is 0 Å². The van der Waals surface area contributed by atoms with Gasteiger partial charge in [0.25, 0.3) is 0 Å². The molecule has 0 N–H and O–H groups in total. The van der Waals surface area contributed by atoms with Crippen molar-refractivity contribution in [3.8, 4) is 11.8 Å². The van der Waals surface area contributed by atoms with Crippen LogP contribution in [-0.4, -0.2) is 31.4 Å². The molecule has 2 heterocycles. The molecule has 0 atom stereocenters. The third-order valence-electron chi connectivity index (χ3n) is 4.28. The van der Waals surface area contributed by atoms with Crippen LogP contribution in [0.3, 0.4) is 0 Å². The van der Waals surface area contributed by atoms with Crippen LogP contribution in [0.25, 0.3) is 0 Å². The highest BCUT2D eigenvalue weighted by Crippen LogP contribution is 2.65.